The average Bonchev–Trinajstić information content (AvgIpc) is 3.34. The lowest BCUT2D eigenvalue weighted by atomic mass is 9.81. The summed E-state index contributed by atoms with van der Waals surface area (Å²) >= 11 is 3.64. The van der Waals surface area contributed by atoms with Gasteiger partial charge in [0.2, 0.25) is 5.90 Å². The van der Waals surface area contributed by atoms with Crippen LogP contribution >= 0.6 is 15.9 Å². The molecule has 3 aromatic rings. The summed E-state index contributed by atoms with van der Waals surface area (Å²) in [6, 6.07) is 22.1. The molecule has 0 aliphatic carbocycles. The number of aliphatic imine (C=N–C) groups is 1. The van der Waals surface area contributed by atoms with Crippen LogP contribution in [0, 0.1) is 0 Å². The van der Waals surface area contributed by atoms with Crippen molar-refractivity contribution in [3.8, 4) is 5.75 Å². The fourth-order valence-corrected chi connectivity index (χ4v) is 4.93. The number of benzene rings is 3. The molecule has 10 heteroatoms. The van der Waals surface area contributed by atoms with Crippen LogP contribution in [0.3, 0.4) is 0 Å². The molecule has 1 aliphatic rings. The molecule has 1 heterocycles. The van der Waals surface area contributed by atoms with Crippen LogP contribution in [0.5, 0.6) is 5.75 Å². The Kier molecular flexibility index (Phi) is 9.59. The molecule has 0 bridgehead atoms. The first-order chi connectivity index (χ1) is 19.0. The van der Waals surface area contributed by atoms with Gasteiger partial charge in [-0.25, -0.2) is 4.99 Å². The minimum absolute atomic E-state index is 0.0597. The Balaban J connectivity index is 1.83. The number of nitrogens with zero attached hydrogens (tertiary/aromatic N) is 4. The number of amides is 1. The van der Waals surface area contributed by atoms with Gasteiger partial charge in [-0.3, -0.25) is 4.79 Å². The molecular formula is C29H30BrN5O4. The molecule has 0 saturated carbocycles. The molecule has 0 saturated heterocycles. The third-order valence-electron chi connectivity index (χ3n) is 6.36. The van der Waals surface area contributed by atoms with Gasteiger partial charge in [-0.15, -0.1) is 0 Å². The SMILES string of the molecule is CCCNC(=O)[C@]1(Cc2ccccc2N=[N+]=[N-])N=C(c2ccc(OCCCO)cc2)O[C@@H]1c1ccccc1Br. The highest BCUT2D eigenvalue weighted by Gasteiger charge is 2.53. The topological polar surface area (TPSA) is 129 Å². The molecule has 1 amide bonds. The Morgan fingerprint density at radius 2 is 1.92 bits per heavy atom. The van der Waals surface area contributed by atoms with Crippen molar-refractivity contribution in [2.75, 3.05) is 19.8 Å². The predicted octanol–water partition coefficient (Wildman–Crippen LogP) is 6.18. The van der Waals surface area contributed by atoms with Gasteiger partial charge in [0.05, 0.1) is 6.61 Å². The highest BCUT2D eigenvalue weighted by Crippen LogP contribution is 2.45. The van der Waals surface area contributed by atoms with E-state index in [0.717, 1.165) is 16.5 Å². The zero-order valence-corrected chi connectivity index (χ0v) is 23.2. The smallest absolute Gasteiger partial charge is 0.252 e. The van der Waals surface area contributed by atoms with Crippen LogP contribution in [0.4, 0.5) is 5.69 Å². The second-order valence-corrected chi connectivity index (χ2v) is 9.92. The summed E-state index contributed by atoms with van der Waals surface area (Å²) in [6.07, 6.45) is 0.680. The van der Waals surface area contributed by atoms with Crippen molar-refractivity contribution in [2.45, 2.75) is 37.8 Å². The summed E-state index contributed by atoms with van der Waals surface area (Å²) in [5, 5.41) is 15.9. The number of hydrogen-bond donors (Lipinski definition) is 2. The van der Waals surface area contributed by atoms with E-state index in [1.54, 1.807) is 24.3 Å². The second kappa shape index (κ2) is 13.3. The molecule has 3 aromatic carbocycles. The van der Waals surface area contributed by atoms with Crippen molar-refractivity contribution in [1.29, 1.82) is 0 Å². The van der Waals surface area contributed by atoms with Crippen molar-refractivity contribution in [2.24, 2.45) is 10.1 Å². The molecule has 0 aromatic heterocycles. The minimum Gasteiger partial charge on any atom is -0.494 e. The van der Waals surface area contributed by atoms with Gasteiger partial charge in [0.25, 0.3) is 5.91 Å². The van der Waals surface area contributed by atoms with E-state index in [2.05, 4.69) is 31.3 Å². The minimum atomic E-state index is -1.38. The third kappa shape index (κ3) is 6.42. The Labute approximate surface area is 235 Å². The molecule has 2 atom stereocenters. The van der Waals surface area contributed by atoms with Gasteiger partial charge in [-0.2, -0.15) is 0 Å². The van der Waals surface area contributed by atoms with Crippen LogP contribution in [0.1, 0.15) is 42.6 Å². The van der Waals surface area contributed by atoms with E-state index in [1.165, 1.54) is 0 Å². The van der Waals surface area contributed by atoms with E-state index in [4.69, 9.17) is 25.1 Å². The molecule has 0 unspecified atom stereocenters. The lowest BCUT2D eigenvalue weighted by Crippen LogP contribution is -2.50. The van der Waals surface area contributed by atoms with E-state index < -0.39 is 11.6 Å². The molecular weight excluding hydrogens is 562 g/mol. The van der Waals surface area contributed by atoms with Crippen LogP contribution in [0.25, 0.3) is 10.4 Å². The van der Waals surface area contributed by atoms with E-state index in [1.807, 2.05) is 55.5 Å². The van der Waals surface area contributed by atoms with E-state index in [9.17, 15) is 4.79 Å². The van der Waals surface area contributed by atoms with Gasteiger partial charge >= 0.3 is 0 Å². The average molecular weight is 592 g/mol. The van der Waals surface area contributed by atoms with Gasteiger partial charge < -0.3 is 19.9 Å². The summed E-state index contributed by atoms with van der Waals surface area (Å²) in [5.41, 5.74) is 10.3. The Hall–Kier alpha value is -3.85. The van der Waals surface area contributed by atoms with Crippen LogP contribution < -0.4 is 10.1 Å². The highest BCUT2D eigenvalue weighted by molar-refractivity contribution is 9.10. The molecule has 202 valence electrons. The van der Waals surface area contributed by atoms with Crippen molar-refractivity contribution in [3.63, 3.8) is 0 Å². The van der Waals surface area contributed by atoms with Crippen molar-refractivity contribution in [3.05, 3.63) is 104 Å². The van der Waals surface area contributed by atoms with Crippen molar-refractivity contribution >= 4 is 33.4 Å². The normalized spacial score (nSPS) is 18.0. The third-order valence-corrected chi connectivity index (χ3v) is 7.08. The largest absolute Gasteiger partial charge is 0.494 e. The number of hydrogen-bond acceptors (Lipinski definition) is 6. The molecule has 39 heavy (non-hydrogen) atoms. The highest BCUT2D eigenvalue weighted by atomic mass is 79.9. The number of halogens is 1. The number of carbonyl (C=O) groups is 1. The first kappa shape index (κ1) is 28.2. The predicted molar refractivity (Wildman–Crippen MR) is 153 cm³/mol. The Morgan fingerprint density at radius 3 is 2.64 bits per heavy atom. The standard InChI is InChI=1S/C29H30BrN5O4/c1-2-16-32-28(37)29(19-21-8-3-6-11-25(21)34-35-31)26(23-9-4-5-10-24(23)30)39-27(33-29)20-12-14-22(15-13-20)38-18-7-17-36/h3-6,8-15,26,36H,2,7,16-19H2,1H3,(H,32,37)/t26-,29-/m1/s1. The molecule has 0 spiro atoms. The summed E-state index contributed by atoms with van der Waals surface area (Å²) in [6.45, 7) is 2.93. The molecule has 2 N–H and O–H groups in total. The fraction of sp³-hybridized carbons (Fsp3) is 0.310. The van der Waals surface area contributed by atoms with Gasteiger partial charge in [-0.05, 0) is 47.8 Å². The lowest BCUT2D eigenvalue weighted by Gasteiger charge is -2.31. The van der Waals surface area contributed by atoms with Gasteiger partial charge in [0, 0.05) is 52.2 Å². The van der Waals surface area contributed by atoms with Crippen LogP contribution in [0.15, 0.2) is 87.4 Å². The first-order valence-electron chi connectivity index (χ1n) is 12.8. The van der Waals surface area contributed by atoms with E-state index in [-0.39, 0.29) is 18.9 Å². The molecule has 4 rings (SSSR count). The van der Waals surface area contributed by atoms with Crippen LogP contribution in [0.2, 0.25) is 0 Å². The number of nitrogens with one attached hydrogen (secondary N) is 1. The number of ether oxygens (including phenoxy) is 2. The van der Waals surface area contributed by atoms with E-state index >= 15 is 0 Å². The second-order valence-electron chi connectivity index (χ2n) is 9.06. The maximum atomic E-state index is 14.0. The Morgan fingerprint density at radius 1 is 1.18 bits per heavy atom. The maximum absolute atomic E-state index is 14.0. The van der Waals surface area contributed by atoms with Crippen molar-refractivity contribution < 1.29 is 19.4 Å². The summed E-state index contributed by atoms with van der Waals surface area (Å²) in [7, 11) is 0. The summed E-state index contributed by atoms with van der Waals surface area (Å²) in [4.78, 5) is 22.0. The fourth-order valence-electron chi connectivity index (χ4n) is 4.43. The van der Waals surface area contributed by atoms with Crippen molar-refractivity contribution in [1.82, 2.24) is 5.32 Å². The summed E-state index contributed by atoms with van der Waals surface area (Å²) < 4.78 is 13.0. The van der Waals surface area contributed by atoms with Crippen LogP contribution in [-0.2, 0) is 16.0 Å². The van der Waals surface area contributed by atoms with Gasteiger partial charge in [-0.1, -0.05) is 70.4 Å². The number of aliphatic hydroxyl groups excluding tert-OH is 1. The van der Waals surface area contributed by atoms with E-state index in [0.29, 0.717) is 48.0 Å². The zero-order chi connectivity index (χ0) is 27.7. The quantitative estimate of drug-likeness (QED) is 0.113. The van der Waals surface area contributed by atoms with Gasteiger partial charge in [0.1, 0.15) is 5.75 Å². The molecule has 9 nitrogen and oxygen atoms in total. The van der Waals surface area contributed by atoms with Crippen LogP contribution in [-0.4, -0.2) is 42.2 Å². The Bertz CT molecular complexity index is 1370. The number of aliphatic hydroxyl groups is 1. The number of carbonyl (C=O) groups excluding carboxylic acids is 1. The maximum Gasteiger partial charge on any atom is 0.252 e. The summed E-state index contributed by atoms with van der Waals surface area (Å²) in [5.74, 6) is 0.703. The molecule has 0 radical (unpaired) electrons. The lowest BCUT2D eigenvalue weighted by molar-refractivity contribution is -0.128. The number of rotatable bonds is 12. The molecule has 1 aliphatic heterocycles. The van der Waals surface area contributed by atoms with Gasteiger partial charge in [0.15, 0.2) is 11.6 Å². The monoisotopic (exact) mass is 591 g/mol. The number of azide groups is 1. The zero-order valence-electron chi connectivity index (χ0n) is 21.6. The first-order valence-corrected chi connectivity index (χ1v) is 13.6. The molecule has 0 fully saturated rings.